The fourth-order valence-electron chi connectivity index (χ4n) is 6.05. The maximum atomic E-state index is 12.6. The predicted octanol–water partition coefficient (Wildman–Crippen LogP) is 12.6. The average Bonchev–Trinajstić information content (AvgIpc) is 3.05. The van der Waals surface area contributed by atoms with Gasteiger partial charge in [0.1, 0.15) is 13.2 Å². The largest absolute Gasteiger partial charge is 0.462 e. The van der Waals surface area contributed by atoms with E-state index < -0.39 is 6.10 Å². The smallest absolute Gasteiger partial charge is 0.306 e. The summed E-state index contributed by atoms with van der Waals surface area (Å²) in [4.78, 5) is 37.5. The van der Waals surface area contributed by atoms with E-state index >= 15 is 0 Å². The zero-order valence-corrected chi connectivity index (χ0v) is 32.6. The number of esters is 3. The summed E-state index contributed by atoms with van der Waals surface area (Å²) in [5, 5.41) is 0. The first-order valence-corrected chi connectivity index (χ1v) is 20.7. The van der Waals surface area contributed by atoms with Crippen molar-refractivity contribution in [2.75, 3.05) is 13.2 Å². The Balaban J connectivity index is 4.36. The van der Waals surface area contributed by atoms with Gasteiger partial charge in [0.15, 0.2) is 6.10 Å². The minimum Gasteiger partial charge on any atom is -0.462 e. The average molecular weight is 681 g/mol. The van der Waals surface area contributed by atoms with Crippen LogP contribution in [0.15, 0.2) is 0 Å². The molecule has 0 aromatic heterocycles. The Morgan fingerprint density at radius 3 is 1.02 bits per heavy atom. The lowest BCUT2D eigenvalue weighted by Gasteiger charge is -2.18. The maximum absolute atomic E-state index is 12.6. The molecular formula is C42H80O6. The van der Waals surface area contributed by atoms with Crippen LogP contribution in [0.3, 0.4) is 0 Å². The molecule has 0 aromatic rings. The molecule has 0 saturated carbocycles. The number of rotatable bonds is 36. The van der Waals surface area contributed by atoms with Gasteiger partial charge in [-0.05, 0) is 31.1 Å². The van der Waals surface area contributed by atoms with Gasteiger partial charge < -0.3 is 14.2 Å². The lowest BCUT2D eigenvalue weighted by molar-refractivity contribution is -0.167. The topological polar surface area (TPSA) is 78.9 Å². The van der Waals surface area contributed by atoms with Gasteiger partial charge in [-0.2, -0.15) is 0 Å². The molecule has 0 amide bonds. The van der Waals surface area contributed by atoms with Crippen LogP contribution in [-0.4, -0.2) is 37.2 Å². The molecule has 6 heteroatoms. The van der Waals surface area contributed by atoms with Gasteiger partial charge in [0.25, 0.3) is 0 Å². The SMILES string of the molecule is CCCCCCCCCCCCCC(=O)O[C@@H](COC(=O)CCCCCCCCCC(C)C)COC(=O)CCCCCCCCC(C)C. The molecule has 0 aliphatic carbocycles. The zero-order chi connectivity index (χ0) is 35.5. The van der Waals surface area contributed by atoms with Crippen molar-refractivity contribution >= 4 is 17.9 Å². The highest BCUT2D eigenvalue weighted by atomic mass is 16.6. The van der Waals surface area contributed by atoms with E-state index in [1.54, 1.807) is 0 Å². The molecule has 0 heterocycles. The number of carbonyl (C=O) groups excluding carboxylic acids is 3. The van der Waals surface area contributed by atoms with Crippen molar-refractivity contribution in [2.24, 2.45) is 11.8 Å². The Morgan fingerprint density at radius 2 is 0.688 bits per heavy atom. The van der Waals surface area contributed by atoms with Crippen molar-refractivity contribution in [3.63, 3.8) is 0 Å². The standard InChI is InChI=1S/C42H80O6/c1-6-7-8-9-10-11-12-13-16-24-29-34-42(45)48-39(36-47-41(44)33-28-23-19-18-21-26-31-38(4)5)35-46-40(43)32-27-22-17-14-15-20-25-30-37(2)3/h37-39H,6-36H2,1-5H3/t39-/m0/s1. The highest BCUT2D eigenvalue weighted by molar-refractivity contribution is 5.71. The molecule has 0 aliphatic rings. The van der Waals surface area contributed by atoms with Crippen LogP contribution in [0.1, 0.15) is 221 Å². The van der Waals surface area contributed by atoms with Crippen LogP contribution < -0.4 is 0 Å². The second-order valence-corrected chi connectivity index (χ2v) is 15.2. The van der Waals surface area contributed by atoms with Crippen LogP contribution in [0, 0.1) is 11.8 Å². The Morgan fingerprint density at radius 1 is 0.396 bits per heavy atom. The number of ether oxygens (including phenoxy) is 3. The molecule has 1 atom stereocenters. The van der Waals surface area contributed by atoms with Gasteiger partial charge in [-0.15, -0.1) is 0 Å². The van der Waals surface area contributed by atoms with Crippen LogP contribution in [0.25, 0.3) is 0 Å². The number of hydrogen-bond donors (Lipinski definition) is 0. The quantitative estimate of drug-likeness (QED) is 0.0372. The Bertz CT molecular complexity index is 734. The molecule has 0 saturated heterocycles. The third kappa shape index (κ3) is 35.7. The highest BCUT2D eigenvalue weighted by Crippen LogP contribution is 2.15. The van der Waals surface area contributed by atoms with Crippen LogP contribution in [0.4, 0.5) is 0 Å². The zero-order valence-electron chi connectivity index (χ0n) is 32.6. The molecule has 48 heavy (non-hydrogen) atoms. The van der Waals surface area contributed by atoms with Crippen LogP contribution in [0.5, 0.6) is 0 Å². The lowest BCUT2D eigenvalue weighted by Crippen LogP contribution is -2.30. The van der Waals surface area contributed by atoms with Crippen LogP contribution in [-0.2, 0) is 28.6 Å². The van der Waals surface area contributed by atoms with Crippen molar-refractivity contribution in [1.29, 1.82) is 0 Å². The Labute approximate surface area is 298 Å². The van der Waals surface area contributed by atoms with Gasteiger partial charge in [0, 0.05) is 19.3 Å². The summed E-state index contributed by atoms with van der Waals surface area (Å²) in [5.41, 5.74) is 0. The molecule has 0 fully saturated rings. The van der Waals surface area contributed by atoms with E-state index in [0.717, 1.165) is 69.6 Å². The lowest BCUT2D eigenvalue weighted by atomic mass is 10.0. The first-order chi connectivity index (χ1) is 23.2. The minimum atomic E-state index is -0.759. The van der Waals surface area contributed by atoms with Crippen molar-refractivity contribution < 1.29 is 28.6 Å². The summed E-state index contributed by atoms with van der Waals surface area (Å²) < 4.78 is 16.6. The second kappa shape index (κ2) is 35.2. The Kier molecular flexibility index (Phi) is 34.1. The molecule has 0 radical (unpaired) electrons. The molecule has 0 aromatic carbocycles. The fraction of sp³-hybridized carbons (Fsp3) is 0.929. The number of unbranched alkanes of at least 4 members (excludes halogenated alkanes) is 21. The van der Waals surface area contributed by atoms with E-state index in [1.807, 2.05) is 0 Å². The maximum Gasteiger partial charge on any atom is 0.306 e. The molecule has 284 valence electrons. The third-order valence-electron chi connectivity index (χ3n) is 9.22. The molecule has 0 spiro atoms. The summed E-state index contributed by atoms with van der Waals surface area (Å²) >= 11 is 0. The van der Waals surface area contributed by atoms with Gasteiger partial charge in [-0.1, -0.05) is 182 Å². The van der Waals surface area contributed by atoms with Crippen molar-refractivity contribution in [2.45, 2.75) is 227 Å². The van der Waals surface area contributed by atoms with E-state index in [2.05, 4.69) is 34.6 Å². The number of hydrogen-bond acceptors (Lipinski definition) is 6. The summed E-state index contributed by atoms with van der Waals surface area (Å²) in [6.07, 6.45) is 31.1. The minimum absolute atomic E-state index is 0.0671. The summed E-state index contributed by atoms with van der Waals surface area (Å²) in [6, 6.07) is 0. The number of carbonyl (C=O) groups is 3. The van der Waals surface area contributed by atoms with Gasteiger partial charge in [0.2, 0.25) is 0 Å². The highest BCUT2D eigenvalue weighted by Gasteiger charge is 2.19. The normalized spacial score (nSPS) is 12.1. The van der Waals surface area contributed by atoms with Crippen molar-refractivity contribution in [3.8, 4) is 0 Å². The van der Waals surface area contributed by atoms with E-state index in [-0.39, 0.29) is 31.1 Å². The fourth-order valence-corrected chi connectivity index (χ4v) is 6.05. The molecule has 0 aliphatic heterocycles. The molecule has 0 rings (SSSR count). The molecular weight excluding hydrogens is 600 g/mol. The van der Waals surface area contributed by atoms with E-state index in [4.69, 9.17) is 14.2 Å². The van der Waals surface area contributed by atoms with Crippen molar-refractivity contribution in [1.82, 2.24) is 0 Å². The van der Waals surface area contributed by atoms with Crippen molar-refractivity contribution in [3.05, 3.63) is 0 Å². The van der Waals surface area contributed by atoms with E-state index in [0.29, 0.717) is 19.3 Å². The molecule has 0 unspecified atom stereocenters. The van der Waals surface area contributed by atoms with Crippen LogP contribution >= 0.6 is 0 Å². The monoisotopic (exact) mass is 681 g/mol. The molecule has 6 nitrogen and oxygen atoms in total. The first kappa shape index (κ1) is 46.4. The van der Waals surface area contributed by atoms with Gasteiger partial charge in [0.05, 0.1) is 0 Å². The second-order valence-electron chi connectivity index (χ2n) is 15.2. The third-order valence-corrected chi connectivity index (χ3v) is 9.22. The summed E-state index contributed by atoms with van der Waals surface area (Å²) in [7, 11) is 0. The summed E-state index contributed by atoms with van der Waals surface area (Å²) in [5.74, 6) is 0.674. The van der Waals surface area contributed by atoms with Crippen LogP contribution in [0.2, 0.25) is 0 Å². The predicted molar refractivity (Wildman–Crippen MR) is 201 cm³/mol. The molecule has 0 N–H and O–H groups in total. The first-order valence-electron chi connectivity index (χ1n) is 20.7. The van der Waals surface area contributed by atoms with Gasteiger partial charge in [-0.25, -0.2) is 0 Å². The Hall–Kier alpha value is -1.59. The van der Waals surface area contributed by atoms with Gasteiger partial charge >= 0.3 is 17.9 Å². The van der Waals surface area contributed by atoms with E-state index in [1.165, 1.54) is 109 Å². The van der Waals surface area contributed by atoms with E-state index in [9.17, 15) is 14.4 Å². The molecule has 0 bridgehead atoms. The van der Waals surface area contributed by atoms with Gasteiger partial charge in [-0.3, -0.25) is 14.4 Å². The summed E-state index contributed by atoms with van der Waals surface area (Å²) in [6.45, 7) is 11.2.